The summed E-state index contributed by atoms with van der Waals surface area (Å²) in [5, 5.41) is 3.46. The minimum Gasteiger partial charge on any atom is -0.381 e. The fraction of sp³-hybridized carbons (Fsp3) is 0.538. The molecule has 0 aromatic heterocycles. The summed E-state index contributed by atoms with van der Waals surface area (Å²) in [6, 6.07) is 7.91. The van der Waals surface area contributed by atoms with Crippen molar-refractivity contribution in [3.05, 3.63) is 24.3 Å². The predicted molar refractivity (Wildman–Crippen MR) is 75.5 cm³/mol. The maximum atomic E-state index is 10.8. The number of rotatable bonds is 4. The van der Waals surface area contributed by atoms with Crippen LogP contribution in [0.2, 0.25) is 0 Å². The van der Waals surface area contributed by atoms with Crippen molar-refractivity contribution < 1.29 is 8.42 Å². The highest BCUT2D eigenvalue weighted by Crippen LogP contribution is 2.26. The average Bonchev–Trinajstić information content (AvgIpc) is 2.60. The highest BCUT2D eigenvalue weighted by atomic mass is 32.2. The molecular weight excluding hydrogens is 248 g/mol. The van der Waals surface area contributed by atoms with E-state index in [1.165, 1.54) is 25.7 Å². The van der Waals surface area contributed by atoms with Gasteiger partial charge in [0.1, 0.15) is 0 Å². The van der Waals surface area contributed by atoms with Gasteiger partial charge in [-0.15, -0.1) is 0 Å². The van der Waals surface area contributed by atoms with Gasteiger partial charge in [0.15, 0.2) is 0 Å². The third kappa shape index (κ3) is 3.91. The van der Waals surface area contributed by atoms with Crippen molar-refractivity contribution >= 4 is 22.3 Å². The summed E-state index contributed by atoms with van der Waals surface area (Å²) in [5.74, 6) is 0. The van der Waals surface area contributed by atoms with Crippen LogP contribution in [0.1, 0.15) is 38.5 Å². The highest BCUT2D eigenvalue weighted by molar-refractivity contribution is 7.73. The van der Waals surface area contributed by atoms with Gasteiger partial charge in [-0.2, -0.15) is 0 Å². The molecule has 1 fully saturated rings. The number of thiol groups is 1. The summed E-state index contributed by atoms with van der Waals surface area (Å²) in [7, 11) is -2.61. The van der Waals surface area contributed by atoms with Crippen molar-refractivity contribution in [1.29, 1.82) is 0 Å². The van der Waals surface area contributed by atoms with Crippen LogP contribution in [-0.4, -0.2) is 14.5 Å². The summed E-state index contributed by atoms with van der Waals surface area (Å²) in [4.78, 5) is 0. The van der Waals surface area contributed by atoms with Gasteiger partial charge in [-0.3, -0.25) is 4.72 Å². The Balaban J connectivity index is 2.07. The standard InChI is InChI=1S/C13H20N2O2S/c16-18(17)15-13-10-6-5-9-12(13)14-11-7-3-1-2-4-8-11/h5-6,9-11,14,18H,1-4,7-8H2,(H,15,16,17). The van der Waals surface area contributed by atoms with Gasteiger partial charge in [0.25, 0.3) is 0 Å². The van der Waals surface area contributed by atoms with Crippen LogP contribution < -0.4 is 10.0 Å². The molecule has 0 heterocycles. The van der Waals surface area contributed by atoms with Gasteiger partial charge in [0, 0.05) is 6.04 Å². The number of anilines is 2. The maximum Gasteiger partial charge on any atom is 0.222 e. The smallest absolute Gasteiger partial charge is 0.222 e. The highest BCUT2D eigenvalue weighted by Gasteiger charge is 2.13. The first-order valence-corrected chi connectivity index (χ1v) is 7.70. The van der Waals surface area contributed by atoms with E-state index in [0.29, 0.717) is 11.7 Å². The quantitative estimate of drug-likeness (QED) is 0.581. The Kier molecular flexibility index (Phi) is 4.87. The topological polar surface area (TPSA) is 58.2 Å². The van der Waals surface area contributed by atoms with Gasteiger partial charge in [0.2, 0.25) is 10.9 Å². The second-order valence-electron chi connectivity index (χ2n) is 4.75. The minimum absolute atomic E-state index is 0.458. The number of nitrogens with one attached hydrogen (secondary N) is 2. The summed E-state index contributed by atoms with van der Waals surface area (Å²) in [5.41, 5.74) is 1.52. The molecule has 0 atom stereocenters. The van der Waals surface area contributed by atoms with Crippen molar-refractivity contribution in [2.45, 2.75) is 44.6 Å². The van der Waals surface area contributed by atoms with Crippen molar-refractivity contribution in [1.82, 2.24) is 0 Å². The Morgan fingerprint density at radius 1 is 0.944 bits per heavy atom. The molecule has 1 aliphatic rings. The van der Waals surface area contributed by atoms with Crippen molar-refractivity contribution in [3.8, 4) is 0 Å². The molecule has 1 aliphatic carbocycles. The van der Waals surface area contributed by atoms with Gasteiger partial charge in [-0.05, 0) is 25.0 Å². The number of benzene rings is 1. The number of hydrogen-bond donors (Lipinski definition) is 3. The van der Waals surface area contributed by atoms with E-state index in [0.717, 1.165) is 18.5 Å². The van der Waals surface area contributed by atoms with Gasteiger partial charge in [-0.1, -0.05) is 37.8 Å². The van der Waals surface area contributed by atoms with Crippen LogP contribution in [-0.2, 0) is 10.9 Å². The molecule has 0 spiro atoms. The lowest BCUT2D eigenvalue weighted by Gasteiger charge is -2.19. The van der Waals surface area contributed by atoms with Crippen LogP contribution in [0.25, 0.3) is 0 Å². The molecule has 1 saturated carbocycles. The van der Waals surface area contributed by atoms with Crippen LogP contribution in [0.15, 0.2) is 24.3 Å². The first kappa shape index (κ1) is 13.2. The SMILES string of the molecule is O=[SH](=O)Nc1ccccc1NC1CCCCCC1. The molecule has 2 rings (SSSR count). The Bertz CT molecular complexity index is 444. The van der Waals surface area contributed by atoms with Crippen LogP contribution in [0.5, 0.6) is 0 Å². The molecule has 18 heavy (non-hydrogen) atoms. The summed E-state index contributed by atoms with van der Waals surface area (Å²) in [6.45, 7) is 0. The monoisotopic (exact) mass is 268 g/mol. The van der Waals surface area contributed by atoms with Gasteiger partial charge < -0.3 is 5.32 Å². The number of hydrogen-bond acceptors (Lipinski definition) is 3. The molecule has 1 aromatic carbocycles. The van der Waals surface area contributed by atoms with Crippen molar-refractivity contribution in [3.63, 3.8) is 0 Å². The normalized spacial score (nSPS) is 17.4. The molecule has 0 amide bonds. The Hall–Kier alpha value is -1.23. The molecule has 5 heteroatoms. The van der Waals surface area contributed by atoms with Gasteiger partial charge in [-0.25, -0.2) is 8.42 Å². The van der Waals surface area contributed by atoms with Gasteiger partial charge in [0.05, 0.1) is 11.4 Å². The molecule has 0 aliphatic heterocycles. The average molecular weight is 268 g/mol. The maximum absolute atomic E-state index is 10.8. The van der Waals surface area contributed by atoms with Crippen molar-refractivity contribution in [2.75, 3.05) is 10.0 Å². The van der Waals surface area contributed by atoms with Gasteiger partial charge >= 0.3 is 0 Å². The summed E-state index contributed by atoms with van der Waals surface area (Å²) < 4.78 is 24.0. The summed E-state index contributed by atoms with van der Waals surface area (Å²) >= 11 is 0. The van der Waals surface area contributed by atoms with Crippen LogP contribution in [0.4, 0.5) is 11.4 Å². The van der Waals surface area contributed by atoms with E-state index < -0.39 is 10.9 Å². The zero-order chi connectivity index (χ0) is 12.8. The van der Waals surface area contributed by atoms with E-state index in [4.69, 9.17) is 0 Å². The molecule has 0 saturated heterocycles. The Labute approximate surface area is 110 Å². The lowest BCUT2D eigenvalue weighted by Crippen LogP contribution is -2.19. The van der Waals surface area contributed by atoms with Crippen molar-refractivity contribution in [2.24, 2.45) is 0 Å². The molecule has 100 valence electrons. The fourth-order valence-corrected chi connectivity index (χ4v) is 2.84. The Morgan fingerprint density at radius 2 is 1.56 bits per heavy atom. The van der Waals surface area contributed by atoms with Crippen LogP contribution in [0.3, 0.4) is 0 Å². The van der Waals surface area contributed by atoms with E-state index in [9.17, 15) is 8.42 Å². The van der Waals surface area contributed by atoms with E-state index in [2.05, 4.69) is 10.0 Å². The first-order valence-electron chi connectivity index (χ1n) is 6.52. The first-order chi connectivity index (χ1) is 8.75. The van der Waals surface area contributed by atoms with E-state index in [1.54, 1.807) is 6.07 Å². The lowest BCUT2D eigenvalue weighted by molar-refractivity contribution is 0.617. The molecular formula is C13H20N2O2S. The Morgan fingerprint density at radius 3 is 2.17 bits per heavy atom. The third-order valence-corrected chi connectivity index (χ3v) is 3.78. The zero-order valence-electron chi connectivity index (χ0n) is 10.4. The molecule has 4 nitrogen and oxygen atoms in total. The van der Waals surface area contributed by atoms with E-state index in [1.807, 2.05) is 18.2 Å². The third-order valence-electron chi connectivity index (χ3n) is 3.35. The predicted octanol–water partition coefficient (Wildman–Crippen LogP) is 2.76. The largest absolute Gasteiger partial charge is 0.381 e. The fourth-order valence-electron chi connectivity index (χ4n) is 2.45. The van der Waals surface area contributed by atoms with Crippen LogP contribution >= 0.6 is 0 Å². The second kappa shape index (κ2) is 6.64. The lowest BCUT2D eigenvalue weighted by atomic mass is 10.1. The summed E-state index contributed by atoms with van der Waals surface area (Å²) in [6.07, 6.45) is 7.46. The molecule has 2 N–H and O–H groups in total. The molecule has 1 aromatic rings. The zero-order valence-corrected chi connectivity index (χ0v) is 11.3. The van der Waals surface area contributed by atoms with E-state index in [-0.39, 0.29) is 0 Å². The van der Waals surface area contributed by atoms with Crippen LogP contribution in [0, 0.1) is 0 Å². The second-order valence-corrected chi connectivity index (χ2v) is 5.49. The van der Waals surface area contributed by atoms with E-state index >= 15 is 0 Å². The molecule has 0 bridgehead atoms. The number of para-hydroxylation sites is 2. The molecule has 0 unspecified atom stereocenters. The molecule has 0 radical (unpaired) electrons. The minimum atomic E-state index is -2.61.